The van der Waals surface area contributed by atoms with Gasteiger partial charge in [0.25, 0.3) is 5.91 Å². The smallest absolute Gasteiger partial charge is 0.331 e. The summed E-state index contributed by atoms with van der Waals surface area (Å²) < 4.78 is 10.3. The Labute approximate surface area is 160 Å². The van der Waals surface area contributed by atoms with Crippen molar-refractivity contribution in [1.82, 2.24) is 4.90 Å². The molecule has 1 amide bonds. The first-order valence-electron chi connectivity index (χ1n) is 8.68. The number of rotatable bonds is 7. The van der Waals surface area contributed by atoms with Gasteiger partial charge < -0.3 is 14.4 Å². The summed E-state index contributed by atoms with van der Waals surface area (Å²) in [7, 11) is 3.26. The minimum Gasteiger partial charge on any atom is -0.496 e. The van der Waals surface area contributed by atoms with Gasteiger partial charge in [-0.1, -0.05) is 42.0 Å². The number of likely N-dealkylation sites (N-methyl/N-ethyl adjacent to an activating group) is 1. The maximum Gasteiger partial charge on any atom is 0.331 e. The first-order valence-corrected chi connectivity index (χ1v) is 8.68. The van der Waals surface area contributed by atoms with Gasteiger partial charge in [-0.25, -0.2) is 4.79 Å². The number of esters is 1. The minimum atomic E-state index is -0.575. The Morgan fingerprint density at radius 3 is 2.56 bits per heavy atom. The molecule has 0 aliphatic heterocycles. The molecule has 2 aromatic carbocycles. The van der Waals surface area contributed by atoms with Gasteiger partial charge in [0.2, 0.25) is 0 Å². The quantitative estimate of drug-likeness (QED) is 0.555. The standard InChI is InChI=1S/C22H25NO4/c1-16-9-10-19(17(2)13-16)14-23(3)21(24)15-27-22(25)12-11-18-7-5-6-8-20(18)26-4/h5-13H,14-15H2,1-4H3/b12-11+. The number of methoxy groups -OCH3 is 1. The fraction of sp³-hybridized carbons (Fsp3) is 0.273. The zero-order valence-electron chi connectivity index (χ0n) is 16.2. The zero-order chi connectivity index (χ0) is 19.8. The van der Waals surface area contributed by atoms with Gasteiger partial charge in [-0.3, -0.25) is 4.79 Å². The van der Waals surface area contributed by atoms with Crippen LogP contribution in [0.25, 0.3) is 6.08 Å². The molecule has 5 nitrogen and oxygen atoms in total. The molecule has 0 saturated heterocycles. The molecule has 2 aromatic rings. The van der Waals surface area contributed by atoms with E-state index in [2.05, 4.69) is 6.07 Å². The topological polar surface area (TPSA) is 55.8 Å². The monoisotopic (exact) mass is 367 g/mol. The lowest BCUT2D eigenvalue weighted by molar-refractivity contribution is -0.147. The van der Waals surface area contributed by atoms with Crippen molar-refractivity contribution in [2.45, 2.75) is 20.4 Å². The van der Waals surface area contributed by atoms with Crippen LogP contribution in [0.2, 0.25) is 0 Å². The summed E-state index contributed by atoms with van der Waals surface area (Å²) in [6.45, 7) is 4.23. The Balaban J connectivity index is 1.86. The number of amides is 1. The summed E-state index contributed by atoms with van der Waals surface area (Å²) in [6, 6.07) is 13.4. The van der Waals surface area contributed by atoms with Crippen LogP contribution < -0.4 is 4.74 Å². The lowest BCUT2D eigenvalue weighted by Crippen LogP contribution is -2.30. The van der Waals surface area contributed by atoms with Gasteiger partial charge in [-0.2, -0.15) is 0 Å². The van der Waals surface area contributed by atoms with Gasteiger partial charge >= 0.3 is 5.97 Å². The summed E-state index contributed by atoms with van der Waals surface area (Å²) in [5, 5.41) is 0. The van der Waals surface area contributed by atoms with Gasteiger partial charge in [-0.15, -0.1) is 0 Å². The Morgan fingerprint density at radius 1 is 1.11 bits per heavy atom. The van der Waals surface area contributed by atoms with Crippen LogP contribution in [0.3, 0.4) is 0 Å². The van der Waals surface area contributed by atoms with E-state index in [0.29, 0.717) is 12.3 Å². The molecule has 0 atom stereocenters. The van der Waals surface area contributed by atoms with Crippen molar-refractivity contribution in [2.75, 3.05) is 20.8 Å². The highest BCUT2D eigenvalue weighted by atomic mass is 16.5. The SMILES string of the molecule is COc1ccccc1/C=C/C(=O)OCC(=O)N(C)Cc1ccc(C)cc1C. The van der Waals surface area contributed by atoms with Crippen LogP contribution in [0.1, 0.15) is 22.3 Å². The van der Waals surface area contributed by atoms with E-state index in [1.165, 1.54) is 11.6 Å². The van der Waals surface area contributed by atoms with Crippen molar-refractivity contribution in [3.8, 4) is 5.75 Å². The second-order valence-corrected chi connectivity index (χ2v) is 6.36. The molecule has 142 valence electrons. The van der Waals surface area contributed by atoms with E-state index in [1.807, 2.05) is 44.2 Å². The van der Waals surface area contributed by atoms with Gasteiger partial charge in [-0.05, 0) is 37.1 Å². The van der Waals surface area contributed by atoms with Crippen LogP contribution in [0.5, 0.6) is 5.75 Å². The summed E-state index contributed by atoms with van der Waals surface area (Å²) in [6.07, 6.45) is 2.89. The molecule has 27 heavy (non-hydrogen) atoms. The number of aryl methyl sites for hydroxylation is 2. The molecule has 0 N–H and O–H groups in total. The molecular weight excluding hydrogens is 342 g/mol. The Bertz CT molecular complexity index is 842. The second kappa shape index (κ2) is 9.57. The molecule has 0 unspecified atom stereocenters. The molecule has 0 heterocycles. The number of nitrogens with zero attached hydrogens (tertiary/aromatic N) is 1. The third kappa shape index (κ3) is 5.99. The van der Waals surface area contributed by atoms with Crippen LogP contribution >= 0.6 is 0 Å². The molecule has 2 rings (SSSR count). The van der Waals surface area contributed by atoms with E-state index in [4.69, 9.17) is 9.47 Å². The van der Waals surface area contributed by atoms with Crippen molar-refractivity contribution in [3.63, 3.8) is 0 Å². The molecule has 0 aliphatic rings. The third-order valence-electron chi connectivity index (χ3n) is 4.21. The molecule has 0 spiro atoms. The number of para-hydroxylation sites is 1. The molecular formula is C22H25NO4. The predicted octanol–water partition coefficient (Wildman–Crippen LogP) is 3.53. The highest BCUT2D eigenvalue weighted by Crippen LogP contribution is 2.18. The number of carbonyl (C=O) groups excluding carboxylic acids is 2. The van der Waals surface area contributed by atoms with Gasteiger partial charge in [0.05, 0.1) is 7.11 Å². The van der Waals surface area contributed by atoms with E-state index in [9.17, 15) is 9.59 Å². The first-order chi connectivity index (χ1) is 12.9. The van der Waals surface area contributed by atoms with Crippen LogP contribution in [-0.2, 0) is 20.9 Å². The average molecular weight is 367 g/mol. The summed E-state index contributed by atoms with van der Waals surface area (Å²) in [5.74, 6) is -0.172. The lowest BCUT2D eigenvalue weighted by atomic mass is 10.1. The normalized spacial score (nSPS) is 10.7. The third-order valence-corrected chi connectivity index (χ3v) is 4.21. The summed E-state index contributed by atoms with van der Waals surface area (Å²) in [4.78, 5) is 25.6. The van der Waals surface area contributed by atoms with Gasteiger partial charge in [0.1, 0.15) is 5.75 Å². The molecule has 0 fully saturated rings. The van der Waals surface area contributed by atoms with Crippen LogP contribution in [0.15, 0.2) is 48.5 Å². The number of hydrogen-bond donors (Lipinski definition) is 0. The number of ether oxygens (including phenoxy) is 2. The molecule has 0 aliphatic carbocycles. The van der Waals surface area contributed by atoms with Gasteiger partial charge in [0, 0.05) is 25.2 Å². The summed E-state index contributed by atoms with van der Waals surface area (Å²) >= 11 is 0. The van der Waals surface area contributed by atoms with Crippen LogP contribution in [-0.4, -0.2) is 37.5 Å². The van der Waals surface area contributed by atoms with E-state index in [0.717, 1.165) is 16.7 Å². The maximum absolute atomic E-state index is 12.2. The van der Waals surface area contributed by atoms with Crippen molar-refractivity contribution >= 4 is 18.0 Å². The molecule has 0 bridgehead atoms. The van der Waals surface area contributed by atoms with Crippen molar-refractivity contribution in [3.05, 3.63) is 70.8 Å². The van der Waals surface area contributed by atoms with Gasteiger partial charge in [0.15, 0.2) is 6.61 Å². The Kier molecular flexibility index (Phi) is 7.17. The lowest BCUT2D eigenvalue weighted by Gasteiger charge is -2.18. The fourth-order valence-corrected chi connectivity index (χ4v) is 2.62. The van der Waals surface area contributed by atoms with E-state index < -0.39 is 5.97 Å². The second-order valence-electron chi connectivity index (χ2n) is 6.36. The van der Waals surface area contributed by atoms with Crippen molar-refractivity contribution in [1.29, 1.82) is 0 Å². The highest BCUT2D eigenvalue weighted by Gasteiger charge is 2.12. The Morgan fingerprint density at radius 2 is 1.85 bits per heavy atom. The predicted molar refractivity (Wildman–Crippen MR) is 105 cm³/mol. The number of carbonyl (C=O) groups is 2. The fourth-order valence-electron chi connectivity index (χ4n) is 2.62. The summed E-state index contributed by atoms with van der Waals surface area (Å²) in [5.41, 5.74) is 4.14. The first kappa shape index (κ1) is 20.2. The molecule has 5 heteroatoms. The highest BCUT2D eigenvalue weighted by molar-refractivity contribution is 5.89. The maximum atomic E-state index is 12.2. The number of benzene rings is 2. The number of hydrogen-bond acceptors (Lipinski definition) is 4. The van der Waals surface area contributed by atoms with Crippen LogP contribution in [0, 0.1) is 13.8 Å². The molecule has 0 saturated carbocycles. The molecule has 0 radical (unpaired) electrons. The van der Waals surface area contributed by atoms with Crippen molar-refractivity contribution in [2.24, 2.45) is 0 Å². The zero-order valence-corrected chi connectivity index (χ0v) is 16.2. The average Bonchev–Trinajstić information content (AvgIpc) is 2.66. The van der Waals surface area contributed by atoms with Crippen LogP contribution in [0.4, 0.5) is 0 Å². The minimum absolute atomic E-state index is 0.256. The Hall–Kier alpha value is -3.08. The van der Waals surface area contributed by atoms with E-state index >= 15 is 0 Å². The largest absolute Gasteiger partial charge is 0.496 e. The van der Waals surface area contributed by atoms with Crippen molar-refractivity contribution < 1.29 is 19.1 Å². The van der Waals surface area contributed by atoms with E-state index in [-0.39, 0.29) is 12.5 Å². The molecule has 0 aromatic heterocycles. The van der Waals surface area contributed by atoms with E-state index in [1.54, 1.807) is 31.2 Å².